The molecular formula is C18H16N5+. The zero-order valence-corrected chi connectivity index (χ0v) is 12.5. The molecule has 5 nitrogen and oxygen atoms in total. The van der Waals surface area contributed by atoms with Crippen LogP contribution in [-0.4, -0.2) is 19.1 Å². The molecule has 0 saturated heterocycles. The van der Waals surface area contributed by atoms with Gasteiger partial charge < -0.3 is 0 Å². The summed E-state index contributed by atoms with van der Waals surface area (Å²) in [5.74, 6) is 1.73. The van der Waals surface area contributed by atoms with Crippen LogP contribution in [0, 0.1) is 0 Å². The van der Waals surface area contributed by atoms with E-state index in [1.807, 2.05) is 52.1 Å². The molecule has 0 aliphatic carbocycles. The van der Waals surface area contributed by atoms with Gasteiger partial charge in [0.05, 0.1) is 0 Å². The second kappa shape index (κ2) is 5.88. The third-order valence-corrected chi connectivity index (χ3v) is 3.65. The maximum Gasteiger partial charge on any atom is 0.250 e. The van der Waals surface area contributed by atoms with E-state index in [1.54, 1.807) is 12.5 Å². The first kappa shape index (κ1) is 13.5. The van der Waals surface area contributed by atoms with Crippen molar-refractivity contribution in [2.75, 3.05) is 0 Å². The molecule has 0 amide bonds. The predicted molar refractivity (Wildman–Crippen MR) is 86.4 cm³/mol. The van der Waals surface area contributed by atoms with Gasteiger partial charge in [0, 0.05) is 18.5 Å². The summed E-state index contributed by atoms with van der Waals surface area (Å²) in [5.41, 5.74) is 1.27. The topological polar surface area (TPSA) is 39.5 Å². The Bertz CT molecular complexity index is 894. The quantitative estimate of drug-likeness (QED) is 0.543. The lowest BCUT2D eigenvalue weighted by Gasteiger charge is -2.01. The first-order valence-electron chi connectivity index (χ1n) is 7.45. The number of benzene rings is 1. The van der Waals surface area contributed by atoms with E-state index in [1.165, 1.54) is 5.56 Å². The van der Waals surface area contributed by atoms with Gasteiger partial charge in [-0.15, -0.1) is 0 Å². The molecule has 0 bridgehead atoms. The normalized spacial score (nSPS) is 10.8. The van der Waals surface area contributed by atoms with Crippen LogP contribution in [0.15, 0.2) is 86.0 Å². The summed E-state index contributed by atoms with van der Waals surface area (Å²) in [6.45, 7) is 0.842. The molecule has 0 aliphatic rings. The molecule has 0 atom stereocenters. The summed E-state index contributed by atoms with van der Waals surface area (Å²) in [4.78, 5) is 8.74. The van der Waals surface area contributed by atoms with Gasteiger partial charge in [-0.2, -0.15) is 9.55 Å². The van der Waals surface area contributed by atoms with Crippen LogP contribution in [-0.2, 0) is 6.54 Å². The van der Waals surface area contributed by atoms with E-state index in [2.05, 4.69) is 45.0 Å². The molecule has 0 saturated carbocycles. The van der Waals surface area contributed by atoms with E-state index in [4.69, 9.17) is 0 Å². The van der Waals surface area contributed by atoms with Crippen LogP contribution in [0.5, 0.6) is 0 Å². The molecule has 3 aromatic heterocycles. The fourth-order valence-electron chi connectivity index (χ4n) is 2.51. The summed E-state index contributed by atoms with van der Waals surface area (Å²) in [6.07, 6.45) is 11.5. The highest BCUT2D eigenvalue weighted by Crippen LogP contribution is 2.08. The number of nitrogens with zero attached hydrogens (tertiary/aromatic N) is 5. The van der Waals surface area contributed by atoms with Crippen LogP contribution >= 0.6 is 0 Å². The van der Waals surface area contributed by atoms with Gasteiger partial charge in [0.2, 0.25) is 5.82 Å². The van der Waals surface area contributed by atoms with E-state index in [9.17, 15) is 0 Å². The highest BCUT2D eigenvalue weighted by Gasteiger charge is 2.09. The Kier molecular flexibility index (Phi) is 3.44. The zero-order valence-electron chi connectivity index (χ0n) is 12.5. The summed E-state index contributed by atoms with van der Waals surface area (Å²) >= 11 is 0. The van der Waals surface area contributed by atoms with Crippen LogP contribution in [0.25, 0.3) is 11.6 Å². The molecule has 4 rings (SSSR count). The SMILES string of the molecule is c1ccc(C[n+]2ccn(-c3cccc(-n4ccnc4)n3)c2)cc1. The highest BCUT2D eigenvalue weighted by atomic mass is 15.2. The maximum atomic E-state index is 4.68. The van der Waals surface area contributed by atoms with E-state index in [0.29, 0.717) is 0 Å². The minimum Gasteiger partial charge on any atom is -0.290 e. The Hall–Kier alpha value is -3.21. The van der Waals surface area contributed by atoms with Crippen molar-refractivity contribution in [2.24, 2.45) is 0 Å². The number of hydrogen-bond acceptors (Lipinski definition) is 2. The lowest BCUT2D eigenvalue weighted by Crippen LogP contribution is -2.31. The van der Waals surface area contributed by atoms with Crippen molar-refractivity contribution in [3.05, 3.63) is 91.5 Å². The standard InChI is InChI=1S/C18H16N5/c1-2-5-16(6-3-1)13-21-11-12-23(15-21)18-8-4-7-17(20-18)22-10-9-19-14-22/h1-12,14-15H,13H2/q+1. The monoisotopic (exact) mass is 302 g/mol. The van der Waals surface area contributed by atoms with E-state index in [-0.39, 0.29) is 0 Å². The molecule has 0 unspecified atom stereocenters. The average Bonchev–Trinajstić information content (AvgIpc) is 3.28. The summed E-state index contributed by atoms with van der Waals surface area (Å²) in [6, 6.07) is 16.4. The molecule has 0 aliphatic heterocycles. The first-order chi connectivity index (χ1) is 11.4. The van der Waals surface area contributed by atoms with Crippen molar-refractivity contribution in [1.29, 1.82) is 0 Å². The Morgan fingerprint density at radius 2 is 1.70 bits per heavy atom. The summed E-state index contributed by atoms with van der Waals surface area (Å²) in [7, 11) is 0. The molecular weight excluding hydrogens is 286 g/mol. The van der Waals surface area contributed by atoms with Gasteiger partial charge in [0.1, 0.15) is 31.1 Å². The van der Waals surface area contributed by atoms with Crippen LogP contribution in [0.3, 0.4) is 0 Å². The number of aromatic nitrogens is 5. The molecule has 23 heavy (non-hydrogen) atoms. The number of rotatable bonds is 4. The lowest BCUT2D eigenvalue weighted by molar-refractivity contribution is -0.687. The van der Waals surface area contributed by atoms with E-state index in [0.717, 1.165) is 18.2 Å². The van der Waals surface area contributed by atoms with Gasteiger partial charge in [-0.3, -0.25) is 4.57 Å². The van der Waals surface area contributed by atoms with Crippen molar-refractivity contribution in [1.82, 2.24) is 19.1 Å². The van der Waals surface area contributed by atoms with Crippen LogP contribution in [0.1, 0.15) is 5.56 Å². The molecule has 0 radical (unpaired) electrons. The fourth-order valence-corrected chi connectivity index (χ4v) is 2.51. The Morgan fingerprint density at radius 3 is 2.48 bits per heavy atom. The Balaban J connectivity index is 1.61. The first-order valence-corrected chi connectivity index (χ1v) is 7.45. The smallest absolute Gasteiger partial charge is 0.250 e. The second-order valence-electron chi connectivity index (χ2n) is 5.30. The Labute approximate surface area is 134 Å². The van der Waals surface area contributed by atoms with Crippen LogP contribution in [0.4, 0.5) is 0 Å². The van der Waals surface area contributed by atoms with Crippen molar-refractivity contribution in [3.63, 3.8) is 0 Å². The van der Waals surface area contributed by atoms with Crippen molar-refractivity contribution >= 4 is 0 Å². The van der Waals surface area contributed by atoms with Crippen molar-refractivity contribution in [3.8, 4) is 11.6 Å². The number of imidazole rings is 2. The van der Waals surface area contributed by atoms with Crippen molar-refractivity contribution in [2.45, 2.75) is 6.54 Å². The highest BCUT2D eigenvalue weighted by molar-refractivity contribution is 5.31. The number of hydrogen-bond donors (Lipinski definition) is 0. The summed E-state index contributed by atoms with van der Waals surface area (Å²) in [5, 5.41) is 0. The summed E-state index contributed by atoms with van der Waals surface area (Å²) < 4.78 is 6.05. The molecule has 5 heteroatoms. The van der Waals surface area contributed by atoms with Crippen molar-refractivity contribution < 1.29 is 4.57 Å². The molecule has 112 valence electrons. The third kappa shape index (κ3) is 2.89. The fraction of sp³-hybridized carbons (Fsp3) is 0.0556. The zero-order chi connectivity index (χ0) is 15.5. The average molecular weight is 302 g/mol. The van der Waals surface area contributed by atoms with E-state index < -0.39 is 0 Å². The molecule has 4 aromatic rings. The maximum absolute atomic E-state index is 4.68. The van der Waals surface area contributed by atoms with Gasteiger partial charge in [0.25, 0.3) is 6.33 Å². The lowest BCUT2D eigenvalue weighted by atomic mass is 10.2. The predicted octanol–water partition coefficient (Wildman–Crippen LogP) is 2.39. The van der Waals surface area contributed by atoms with Gasteiger partial charge in [0.15, 0.2) is 0 Å². The van der Waals surface area contributed by atoms with Crippen LogP contribution < -0.4 is 4.57 Å². The third-order valence-electron chi connectivity index (χ3n) is 3.65. The minimum absolute atomic E-state index is 0.842. The molecule has 0 spiro atoms. The largest absolute Gasteiger partial charge is 0.290 e. The van der Waals surface area contributed by atoms with Gasteiger partial charge >= 0.3 is 0 Å². The minimum atomic E-state index is 0.842. The molecule has 0 fully saturated rings. The van der Waals surface area contributed by atoms with Gasteiger partial charge in [-0.05, 0) is 11.6 Å². The Morgan fingerprint density at radius 1 is 0.870 bits per heavy atom. The number of pyridine rings is 1. The molecule has 1 aromatic carbocycles. The molecule has 0 N–H and O–H groups in total. The van der Waals surface area contributed by atoms with Gasteiger partial charge in [-0.1, -0.05) is 36.4 Å². The van der Waals surface area contributed by atoms with Gasteiger partial charge in [-0.25, -0.2) is 9.55 Å². The van der Waals surface area contributed by atoms with Crippen LogP contribution in [0.2, 0.25) is 0 Å². The second-order valence-corrected chi connectivity index (χ2v) is 5.30. The van der Waals surface area contributed by atoms with E-state index >= 15 is 0 Å². The molecule has 3 heterocycles.